The maximum atomic E-state index is 11.4. The molecule has 2 unspecified atom stereocenters. The molecule has 0 aliphatic heterocycles. The lowest BCUT2D eigenvalue weighted by molar-refractivity contribution is -0.384. The summed E-state index contributed by atoms with van der Waals surface area (Å²) in [6.45, 7) is 4.22. The highest BCUT2D eigenvalue weighted by molar-refractivity contribution is 5.60. The third-order valence-electron chi connectivity index (χ3n) is 4.19. The van der Waals surface area contributed by atoms with Crippen LogP contribution in [0.1, 0.15) is 51.6 Å². The molecule has 1 aliphatic carbocycles. The van der Waals surface area contributed by atoms with Gasteiger partial charge in [-0.25, -0.2) is 4.68 Å². The van der Waals surface area contributed by atoms with Crippen LogP contribution in [0.15, 0.2) is 0 Å². The van der Waals surface area contributed by atoms with Crippen LogP contribution < -0.4 is 5.32 Å². The highest BCUT2D eigenvalue weighted by atomic mass is 16.6. The van der Waals surface area contributed by atoms with Crippen LogP contribution >= 0.6 is 0 Å². The summed E-state index contributed by atoms with van der Waals surface area (Å²) in [6.07, 6.45) is 6.21. The first-order chi connectivity index (χ1) is 9.54. The Bertz CT molecular complexity index is 484. The lowest BCUT2D eigenvalue weighted by atomic mass is 9.86. The maximum absolute atomic E-state index is 11.4. The van der Waals surface area contributed by atoms with Crippen molar-refractivity contribution < 1.29 is 4.92 Å². The van der Waals surface area contributed by atoms with Gasteiger partial charge in [-0.05, 0) is 25.2 Å². The van der Waals surface area contributed by atoms with E-state index in [1.54, 1.807) is 11.7 Å². The fraction of sp³-hybridized carbons (Fsp3) is 0.786. The summed E-state index contributed by atoms with van der Waals surface area (Å²) in [6, 6.07) is 0.312. The van der Waals surface area contributed by atoms with Crippen LogP contribution in [0.2, 0.25) is 0 Å². The van der Waals surface area contributed by atoms with Crippen LogP contribution in [-0.2, 0) is 13.5 Å². The average molecular weight is 280 g/mol. The summed E-state index contributed by atoms with van der Waals surface area (Å²) in [5.41, 5.74) is 0.748. The normalized spacial score (nSPS) is 22.8. The molecule has 6 heteroatoms. The van der Waals surface area contributed by atoms with Crippen molar-refractivity contribution in [2.75, 3.05) is 5.32 Å². The van der Waals surface area contributed by atoms with Crippen molar-refractivity contribution in [1.29, 1.82) is 0 Å². The summed E-state index contributed by atoms with van der Waals surface area (Å²) >= 11 is 0. The molecule has 0 saturated heterocycles. The number of nitrogens with one attached hydrogen (secondary N) is 1. The smallest absolute Gasteiger partial charge is 0.333 e. The Morgan fingerprint density at radius 2 is 2.15 bits per heavy atom. The third-order valence-corrected chi connectivity index (χ3v) is 4.19. The van der Waals surface area contributed by atoms with Gasteiger partial charge in [-0.15, -0.1) is 0 Å². The Balaban J connectivity index is 2.27. The molecular formula is C14H24N4O2. The SMILES string of the molecule is CCCc1nn(C)c(NC2CCCCC2C)c1[N+](=O)[O-]. The van der Waals surface area contributed by atoms with Crippen LogP contribution in [0.4, 0.5) is 11.5 Å². The second kappa shape index (κ2) is 6.24. The van der Waals surface area contributed by atoms with Gasteiger partial charge in [0.05, 0.1) is 4.92 Å². The molecule has 1 saturated carbocycles. The standard InChI is InChI=1S/C14H24N4O2/c1-4-7-12-13(18(19)20)14(17(3)16-12)15-11-9-6-5-8-10(11)2/h10-11,15H,4-9H2,1-3H3. The fourth-order valence-electron chi connectivity index (χ4n) is 3.03. The molecule has 1 N–H and O–H groups in total. The molecule has 0 spiro atoms. The van der Waals surface area contributed by atoms with E-state index in [2.05, 4.69) is 17.3 Å². The Morgan fingerprint density at radius 3 is 2.75 bits per heavy atom. The van der Waals surface area contributed by atoms with Gasteiger partial charge in [-0.2, -0.15) is 5.10 Å². The Kier molecular flexibility index (Phi) is 4.62. The van der Waals surface area contributed by atoms with Crippen LogP contribution in [0, 0.1) is 16.0 Å². The van der Waals surface area contributed by atoms with E-state index in [0.717, 1.165) is 12.8 Å². The fourth-order valence-corrected chi connectivity index (χ4v) is 3.03. The molecule has 112 valence electrons. The van der Waals surface area contributed by atoms with E-state index in [4.69, 9.17) is 0 Å². The molecule has 0 bridgehead atoms. The van der Waals surface area contributed by atoms with E-state index < -0.39 is 0 Å². The van der Waals surface area contributed by atoms with Crippen molar-refractivity contribution in [3.63, 3.8) is 0 Å². The monoisotopic (exact) mass is 280 g/mol. The predicted molar refractivity (Wildman–Crippen MR) is 78.9 cm³/mol. The first-order valence-corrected chi connectivity index (χ1v) is 7.51. The van der Waals surface area contributed by atoms with Crippen molar-refractivity contribution in [2.24, 2.45) is 13.0 Å². The summed E-state index contributed by atoms with van der Waals surface area (Å²) in [5.74, 6) is 1.12. The van der Waals surface area contributed by atoms with E-state index in [1.807, 2.05) is 6.92 Å². The Morgan fingerprint density at radius 1 is 1.45 bits per heavy atom. The Hall–Kier alpha value is -1.59. The van der Waals surface area contributed by atoms with Gasteiger partial charge in [0.15, 0.2) is 0 Å². The molecule has 2 rings (SSSR count). The van der Waals surface area contributed by atoms with E-state index in [1.165, 1.54) is 19.3 Å². The van der Waals surface area contributed by atoms with Gasteiger partial charge in [-0.1, -0.05) is 33.1 Å². The van der Waals surface area contributed by atoms with Crippen LogP contribution in [0.5, 0.6) is 0 Å². The van der Waals surface area contributed by atoms with E-state index in [0.29, 0.717) is 29.9 Å². The molecule has 1 aromatic rings. The van der Waals surface area contributed by atoms with Gasteiger partial charge in [0.1, 0.15) is 5.69 Å². The molecule has 0 amide bonds. The third kappa shape index (κ3) is 2.94. The van der Waals surface area contributed by atoms with Gasteiger partial charge in [-0.3, -0.25) is 10.1 Å². The lowest BCUT2D eigenvalue weighted by Crippen LogP contribution is -2.31. The van der Waals surface area contributed by atoms with Crippen LogP contribution in [0.25, 0.3) is 0 Å². The molecule has 0 aromatic carbocycles. The summed E-state index contributed by atoms with van der Waals surface area (Å²) < 4.78 is 1.63. The van der Waals surface area contributed by atoms with E-state index in [9.17, 15) is 10.1 Å². The van der Waals surface area contributed by atoms with Crippen LogP contribution in [-0.4, -0.2) is 20.7 Å². The van der Waals surface area contributed by atoms with Crippen molar-refractivity contribution in [3.8, 4) is 0 Å². The zero-order valence-corrected chi connectivity index (χ0v) is 12.6. The molecule has 0 radical (unpaired) electrons. The number of nitrogens with zero attached hydrogens (tertiary/aromatic N) is 3. The summed E-state index contributed by atoms with van der Waals surface area (Å²) in [4.78, 5) is 11.1. The highest BCUT2D eigenvalue weighted by Gasteiger charge is 2.30. The van der Waals surface area contributed by atoms with Crippen LogP contribution in [0.3, 0.4) is 0 Å². The average Bonchev–Trinajstić information content (AvgIpc) is 2.69. The zero-order chi connectivity index (χ0) is 14.7. The second-order valence-corrected chi connectivity index (χ2v) is 5.79. The number of anilines is 1. The highest BCUT2D eigenvalue weighted by Crippen LogP contribution is 2.33. The number of aromatic nitrogens is 2. The van der Waals surface area contributed by atoms with Gasteiger partial charge < -0.3 is 5.32 Å². The Labute approximate surface area is 119 Å². The quantitative estimate of drug-likeness (QED) is 0.663. The van der Waals surface area contributed by atoms with Crippen molar-refractivity contribution in [2.45, 2.75) is 58.4 Å². The largest absolute Gasteiger partial charge is 0.362 e. The van der Waals surface area contributed by atoms with Crippen molar-refractivity contribution in [1.82, 2.24) is 9.78 Å². The predicted octanol–water partition coefficient (Wildman–Crippen LogP) is 3.27. The number of hydrogen-bond donors (Lipinski definition) is 1. The molecule has 6 nitrogen and oxygen atoms in total. The van der Waals surface area contributed by atoms with Gasteiger partial charge in [0.25, 0.3) is 0 Å². The zero-order valence-electron chi connectivity index (χ0n) is 12.6. The maximum Gasteiger partial charge on any atom is 0.333 e. The lowest BCUT2D eigenvalue weighted by Gasteiger charge is -2.29. The molecular weight excluding hydrogens is 256 g/mol. The molecule has 1 aliphatic rings. The molecule has 2 atom stereocenters. The number of hydrogen-bond acceptors (Lipinski definition) is 4. The molecule has 1 aromatic heterocycles. The first-order valence-electron chi connectivity index (χ1n) is 7.51. The first kappa shape index (κ1) is 14.8. The van der Waals surface area contributed by atoms with Gasteiger partial charge >= 0.3 is 5.69 Å². The molecule has 1 fully saturated rings. The van der Waals surface area contributed by atoms with Crippen molar-refractivity contribution >= 4 is 11.5 Å². The number of aryl methyl sites for hydroxylation is 2. The van der Waals surface area contributed by atoms with E-state index in [-0.39, 0.29) is 10.6 Å². The number of nitro groups is 1. The van der Waals surface area contributed by atoms with Gasteiger partial charge in [0.2, 0.25) is 5.82 Å². The molecule has 1 heterocycles. The van der Waals surface area contributed by atoms with Gasteiger partial charge in [0, 0.05) is 13.1 Å². The minimum Gasteiger partial charge on any atom is -0.362 e. The number of rotatable bonds is 5. The molecule has 20 heavy (non-hydrogen) atoms. The summed E-state index contributed by atoms with van der Waals surface area (Å²) in [7, 11) is 1.78. The minimum atomic E-state index is -0.298. The van der Waals surface area contributed by atoms with Crippen molar-refractivity contribution in [3.05, 3.63) is 15.8 Å². The summed E-state index contributed by atoms with van der Waals surface area (Å²) in [5, 5.41) is 19.1. The minimum absolute atomic E-state index is 0.159. The second-order valence-electron chi connectivity index (χ2n) is 5.79. The van der Waals surface area contributed by atoms with E-state index >= 15 is 0 Å². The topological polar surface area (TPSA) is 73.0 Å².